The molecule has 0 aromatic heterocycles. The Bertz CT molecular complexity index is 96.2. The van der Waals surface area contributed by atoms with Crippen molar-refractivity contribution in [2.24, 2.45) is 11.5 Å². The van der Waals surface area contributed by atoms with Gasteiger partial charge >= 0.3 is 0 Å². The lowest BCUT2D eigenvalue weighted by molar-refractivity contribution is 0.514. The summed E-state index contributed by atoms with van der Waals surface area (Å²) in [7, 11) is 0. The molecule has 0 saturated carbocycles. The van der Waals surface area contributed by atoms with E-state index in [1.54, 1.807) is 0 Å². The summed E-state index contributed by atoms with van der Waals surface area (Å²) in [5.41, 5.74) is 11.3. The first-order chi connectivity index (χ1) is 6.31. The molecule has 80 valence electrons. The topological polar surface area (TPSA) is 64.1 Å². The van der Waals surface area contributed by atoms with Crippen molar-refractivity contribution in [3.05, 3.63) is 0 Å². The second-order valence-electron chi connectivity index (χ2n) is 3.60. The van der Waals surface area contributed by atoms with Gasteiger partial charge in [0.05, 0.1) is 0 Å². The lowest BCUT2D eigenvalue weighted by Gasteiger charge is -2.11. The van der Waals surface area contributed by atoms with E-state index in [0.717, 1.165) is 38.9 Å². The molecule has 1 atom stereocenters. The minimum atomic E-state index is 0.309. The maximum absolute atomic E-state index is 5.89. The van der Waals surface area contributed by atoms with Gasteiger partial charge in [-0.3, -0.25) is 0 Å². The molecule has 0 unspecified atom stereocenters. The zero-order valence-corrected chi connectivity index (χ0v) is 8.89. The van der Waals surface area contributed by atoms with Crippen molar-refractivity contribution >= 4 is 0 Å². The summed E-state index contributed by atoms with van der Waals surface area (Å²) in [6.45, 7) is 5.03. The highest BCUT2D eigenvalue weighted by atomic mass is 14.9. The minimum absolute atomic E-state index is 0.309. The summed E-state index contributed by atoms with van der Waals surface area (Å²) in [5.74, 6) is 0. The number of hydrogen-bond acceptors (Lipinski definition) is 3. The average Bonchev–Trinajstić information content (AvgIpc) is 2.13. The molecule has 0 aliphatic rings. The van der Waals surface area contributed by atoms with Crippen molar-refractivity contribution in [1.29, 1.82) is 0 Å². The Kier molecular flexibility index (Phi) is 9.87. The summed E-state index contributed by atoms with van der Waals surface area (Å²) in [6.07, 6.45) is 5.84. The third-order valence-corrected chi connectivity index (χ3v) is 2.14. The average molecular weight is 187 g/mol. The summed E-state index contributed by atoms with van der Waals surface area (Å²) in [5, 5.41) is 3.36. The zero-order chi connectivity index (χ0) is 9.94. The maximum atomic E-state index is 5.89. The van der Waals surface area contributed by atoms with Gasteiger partial charge in [0.2, 0.25) is 0 Å². The first-order valence-corrected chi connectivity index (χ1v) is 5.47. The van der Waals surface area contributed by atoms with Crippen LogP contribution >= 0.6 is 0 Å². The van der Waals surface area contributed by atoms with Crippen LogP contribution in [0.15, 0.2) is 0 Å². The Morgan fingerprint density at radius 3 is 2.62 bits per heavy atom. The van der Waals surface area contributed by atoms with Gasteiger partial charge in [-0.25, -0.2) is 0 Å². The Morgan fingerprint density at radius 2 is 2.00 bits per heavy atom. The highest BCUT2D eigenvalue weighted by Gasteiger charge is 2.00. The van der Waals surface area contributed by atoms with Gasteiger partial charge in [0.25, 0.3) is 0 Å². The van der Waals surface area contributed by atoms with Gasteiger partial charge < -0.3 is 16.8 Å². The Morgan fingerprint density at radius 1 is 1.23 bits per heavy atom. The fourth-order valence-corrected chi connectivity index (χ4v) is 1.24. The molecule has 0 aromatic rings. The standard InChI is InChI=1S/C10H25N3/c1-2-3-8-13-9-10(12)6-4-5-7-11/h10,13H,2-9,11-12H2,1H3/t10-/m0/s1. The molecule has 0 amide bonds. The Hall–Kier alpha value is -0.120. The second-order valence-corrected chi connectivity index (χ2v) is 3.60. The van der Waals surface area contributed by atoms with Crippen molar-refractivity contribution in [1.82, 2.24) is 5.32 Å². The van der Waals surface area contributed by atoms with E-state index in [-0.39, 0.29) is 0 Å². The molecular formula is C10H25N3. The SMILES string of the molecule is CCCCNC[C@@H](N)CCCCN. The molecule has 13 heavy (non-hydrogen) atoms. The van der Waals surface area contributed by atoms with Crippen LogP contribution in [-0.2, 0) is 0 Å². The Balaban J connectivity index is 3.05. The van der Waals surface area contributed by atoms with Crippen LogP contribution < -0.4 is 16.8 Å². The predicted octanol–water partition coefficient (Wildman–Crippen LogP) is 0.832. The monoisotopic (exact) mass is 187 g/mol. The molecule has 3 heteroatoms. The molecule has 0 heterocycles. The lowest BCUT2D eigenvalue weighted by atomic mass is 10.1. The molecule has 0 aromatic carbocycles. The largest absolute Gasteiger partial charge is 0.330 e. The van der Waals surface area contributed by atoms with Crippen molar-refractivity contribution < 1.29 is 0 Å². The molecule has 0 aliphatic heterocycles. The van der Waals surface area contributed by atoms with Crippen molar-refractivity contribution in [3.8, 4) is 0 Å². The third kappa shape index (κ3) is 9.80. The molecule has 0 bridgehead atoms. The smallest absolute Gasteiger partial charge is 0.0165 e. The number of nitrogens with two attached hydrogens (primary N) is 2. The van der Waals surface area contributed by atoms with E-state index in [9.17, 15) is 0 Å². The molecule has 0 saturated heterocycles. The van der Waals surface area contributed by atoms with Gasteiger partial charge in [-0.05, 0) is 32.4 Å². The zero-order valence-electron chi connectivity index (χ0n) is 8.89. The number of hydrogen-bond donors (Lipinski definition) is 3. The minimum Gasteiger partial charge on any atom is -0.330 e. The van der Waals surface area contributed by atoms with Gasteiger partial charge in [0.1, 0.15) is 0 Å². The fourth-order valence-electron chi connectivity index (χ4n) is 1.24. The van der Waals surface area contributed by atoms with Crippen LogP contribution in [0.3, 0.4) is 0 Å². The van der Waals surface area contributed by atoms with E-state index in [1.807, 2.05) is 0 Å². The quantitative estimate of drug-likeness (QED) is 0.469. The van der Waals surface area contributed by atoms with Crippen LogP contribution in [-0.4, -0.2) is 25.7 Å². The van der Waals surface area contributed by atoms with Crippen LogP contribution in [0.1, 0.15) is 39.0 Å². The van der Waals surface area contributed by atoms with Crippen LogP contribution in [0.2, 0.25) is 0 Å². The number of rotatable bonds is 9. The van der Waals surface area contributed by atoms with E-state index in [2.05, 4.69) is 12.2 Å². The summed E-state index contributed by atoms with van der Waals surface area (Å²) in [4.78, 5) is 0. The van der Waals surface area contributed by atoms with Crippen molar-refractivity contribution in [2.75, 3.05) is 19.6 Å². The van der Waals surface area contributed by atoms with E-state index >= 15 is 0 Å². The number of unbranched alkanes of at least 4 members (excludes halogenated alkanes) is 2. The van der Waals surface area contributed by atoms with Crippen LogP contribution in [0, 0.1) is 0 Å². The summed E-state index contributed by atoms with van der Waals surface area (Å²) >= 11 is 0. The third-order valence-electron chi connectivity index (χ3n) is 2.14. The normalized spacial score (nSPS) is 13.2. The molecule has 0 spiro atoms. The molecule has 3 nitrogen and oxygen atoms in total. The van der Waals surface area contributed by atoms with E-state index in [1.165, 1.54) is 12.8 Å². The first-order valence-electron chi connectivity index (χ1n) is 5.47. The van der Waals surface area contributed by atoms with Crippen LogP contribution in [0.4, 0.5) is 0 Å². The summed E-state index contributed by atoms with van der Waals surface area (Å²) in [6, 6.07) is 0.309. The highest BCUT2D eigenvalue weighted by Crippen LogP contribution is 1.96. The Labute approximate surface area is 82.3 Å². The molecule has 5 N–H and O–H groups in total. The van der Waals surface area contributed by atoms with Gasteiger partial charge in [-0.15, -0.1) is 0 Å². The van der Waals surface area contributed by atoms with Crippen molar-refractivity contribution in [2.45, 2.75) is 45.1 Å². The molecule has 0 fully saturated rings. The molecule has 0 aliphatic carbocycles. The first kappa shape index (κ1) is 12.9. The highest BCUT2D eigenvalue weighted by molar-refractivity contribution is 4.64. The number of nitrogens with one attached hydrogen (secondary N) is 1. The van der Waals surface area contributed by atoms with Crippen molar-refractivity contribution in [3.63, 3.8) is 0 Å². The molecule has 0 radical (unpaired) electrons. The fraction of sp³-hybridized carbons (Fsp3) is 1.00. The molecular weight excluding hydrogens is 162 g/mol. The van der Waals surface area contributed by atoms with Crippen LogP contribution in [0.25, 0.3) is 0 Å². The van der Waals surface area contributed by atoms with Gasteiger partial charge in [-0.2, -0.15) is 0 Å². The maximum Gasteiger partial charge on any atom is 0.0165 e. The van der Waals surface area contributed by atoms with Gasteiger partial charge in [-0.1, -0.05) is 19.8 Å². The second kappa shape index (κ2) is 9.96. The summed E-state index contributed by atoms with van der Waals surface area (Å²) < 4.78 is 0. The van der Waals surface area contributed by atoms with Gasteiger partial charge in [0, 0.05) is 12.6 Å². The lowest BCUT2D eigenvalue weighted by Crippen LogP contribution is -2.34. The van der Waals surface area contributed by atoms with Gasteiger partial charge in [0.15, 0.2) is 0 Å². The predicted molar refractivity (Wildman–Crippen MR) is 58.7 cm³/mol. The van der Waals surface area contributed by atoms with E-state index in [0.29, 0.717) is 6.04 Å². The van der Waals surface area contributed by atoms with E-state index < -0.39 is 0 Å². The van der Waals surface area contributed by atoms with Crippen LogP contribution in [0.5, 0.6) is 0 Å². The van der Waals surface area contributed by atoms with E-state index in [4.69, 9.17) is 11.5 Å². The molecule has 0 rings (SSSR count).